The number of rotatable bonds is 3. The van der Waals surface area contributed by atoms with E-state index in [9.17, 15) is 0 Å². The number of aromatic nitrogens is 2. The summed E-state index contributed by atoms with van der Waals surface area (Å²) in [7, 11) is 1.93. The Morgan fingerprint density at radius 1 is 1.47 bits per heavy atom. The van der Waals surface area contributed by atoms with Crippen LogP contribution in [0, 0.1) is 5.92 Å². The van der Waals surface area contributed by atoms with Crippen molar-refractivity contribution in [2.45, 2.75) is 26.2 Å². The monoisotopic (exact) mass is 377 g/mol. The van der Waals surface area contributed by atoms with Crippen LogP contribution in [0.25, 0.3) is 0 Å². The smallest absolute Gasteiger partial charge is 0.191 e. The summed E-state index contributed by atoms with van der Waals surface area (Å²) in [5, 5.41) is 4.14. The lowest BCUT2D eigenvalue weighted by Gasteiger charge is -2.31. The second-order valence-corrected chi connectivity index (χ2v) is 5.18. The Balaban J connectivity index is 0.00000180. The molecule has 0 aliphatic carbocycles. The number of piperidine rings is 1. The third-order valence-corrected chi connectivity index (χ3v) is 3.54. The Kier molecular flexibility index (Phi) is 6.60. The van der Waals surface area contributed by atoms with Crippen molar-refractivity contribution in [3.8, 4) is 0 Å². The van der Waals surface area contributed by atoms with Crippen LogP contribution in [0.4, 0.5) is 0 Å². The summed E-state index contributed by atoms with van der Waals surface area (Å²) in [5.41, 5.74) is 7.23. The van der Waals surface area contributed by atoms with Crippen molar-refractivity contribution in [1.82, 2.24) is 14.7 Å². The van der Waals surface area contributed by atoms with Crippen LogP contribution in [0.15, 0.2) is 17.4 Å². The van der Waals surface area contributed by atoms with Crippen molar-refractivity contribution in [2.75, 3.05) is 19.6 Å². The van der Waals surface area contributed by atoms with E-state index >= 15 is 0 Å². The van der Waals surface area contributed by atoms with Gasteiger partial charge in [-0.15, -0.1) is 24.0 Å². The molecule has 108 valence electrons. The number of guanidine groups is 1. The number of aryl methyl sites for hydroxylation is 1. The van der Waals surface area contributed by atoms with E-state index in [0.717, 1.165) is 32.0 Å². The second-order valence-electron chi connectivity index (χ2n) is 5.18. The number of hydrogen-bond acceptors (Lipinski definition) is 2. The van der Waals surface area contributed by atoms with Crippen molar-refractivity contribution in [1.29, 1.82) is 0 Å². The lowest BCUT2D eigenvalue weighted by atomic mass is 10.00. The van der Waals surface area contributed by atoms with Crippen LogP contribution in [0.5, 0.6) is 0 Å². The number of halogens is 1. The number of likely N-dealkylation sites (tertiary alicyclic amines) is 1. The van der Waals surface area contributed by atoms with Gasteiger partial charge in [0.15, 0.2) is 5.96 Å². The molecule has 19 heavy (non-hydrogen) atoms. The number of nitrogens with zero attached hydrogens (tertiary/aromatic N) is 4. The Morgan fingerprint density at radius 3 is 2.74 bits per heavy atom. The van der Waals surface area contributed by atoms with Crippen molar-refractivity contribution >= 4 is 29.9 Å². The molecule has 2 N–H and O–H groups in total. The summed E-state index contributed by atoms with van der Waals surface area (Å²) in [4.78, 5) is 6.66. The molecule has 0 radical (unpaired) electrons. The van der Waals surface area contributed by atoms with Crippen LogP contribution in [-0.4, -0.2) is 40.3 Å². The molecule has 0 bridgehead atoms. The third kappa shape index (κ3) is 5.00. The van der Waals surface area contributed by atoms with Gasteiger partial charge < -0.3 is 10.6 Å². The minimum absolute atomic E-state index is 0. The molecular weight excluding hydrogens is 353 g/mol. The molecule has 0 spiro atoms. The lowest BCUT2D eigenvalue weighted by molar-refractivity contribution is 0.277. The highest BCUT2D eigenvalue weighted by Gasteiger charge is 2.16. The van der Waals surface area contributed by atoms with E-state index in [-0.39, 0.29) is 24.0 Å². The largest absolute Gasteiger partial charge is 0.370 e. The Labute approximate surface area is 132 Å². The average molecular weight is 377 g/mol. The summed E-state index contributed by atoms with van der Waals surface area (Å²) in [6.45, 7) is 5.13. The SMILES string of the molecule is CC1CCN(C(N)=NCCc2cnn(C)c2)CC1.I. The highest BCUT2D eigenvalue weighted by molar-refractivity contribution is 14.0. The van der Waals surface area contributed by atoms with Gasteiger partial charge in [0.25, 0.3) is 0 Å². The van der Waals surface area contributed by atoms with Crippen molar-refractivity contribution < 1.29 is 0 Å². The van der Waals surface area contributed by atoms with Gasteiger partial charge in [0.2, 0.25) is 0 Å². The first-order chi connectivity index (χ1) is 8.65. The molecule has 5 nitrogen and oxygen atoms in total. The lowest BCUT2D eigenvalue weighted by Crippen LogP contribution is -2.42. The van der Waals surface area contributed by atoms with Crippen LogP contribution < -0.4 is 5.73 Å². The molecule has 2 heterocycles. The molecule has 0 saturated carbocycles. The summed E-state index contributed by atoms with van der Waals surface area (Å²) in [5.74, 6) is 1.52. The number of aliphatic imine (C=N–C) groups is 1. The number of hydrogen-bond donors (Lipinski definition) is 1. The van der Waals surface area contributed by atoms with Crippen molar-refractivity contribution in [3.05, 3.63) is 18.0 Å². The topological polar surface area (TPSA) is 59.4 Å². The highest BCUT2D eigenvalue weighted by Crippen LogP contribution is 2.15. The van der Waals surface area contributed by atoms with E-state index in [1.807, 2.05) is 24.1 Å². The molecule has 0 atom stereocenters. The fraction of sp³-hybridized carbons (Fsp3) is 0.692. The first kappa shape index (κ1) is 16.3. The van der Waals surface area contributed by atoms with Gasteiger partial charge in [0.1, 0.15) is 0 Å². The van der Waals surface area contributed by atoms with Crippen molar-refractivity contribution in [2.24, 2.45) is 23.7 Å². The molecule has 1 aliphatic rings. The molecule has 1 aromatic heterocycles. The minimum Gasteiger partial charge on any atom is -0.370 e. The van der Waals surface area contributed by atoms with Gasteiger partial charge in [0, 0.05) is 32.9 Å². The van der Waals surface area contributed by atoms with Crippen molar-refractivity contribution in [3.63, 3.8) is 0 Å². The fourth-order valence-electron chi connectivity index (χ4n) is 2.24. The van der Waals surface area contributed by atoms with Gasteiger partial charge in [-0.2, -0.15) is 5.10 Å². The molecule has 1 aromatic rings. The van der Waals surface area contributed by atoms with E-state index in [0.29, 0.717) is 5.96 Å². The molecule has 2 rings (SSSR count). The van der Waals surface area contributed by atoms with Gasteiger partial charge in [0.05, 0.1) is 6.20 Å². The zero-order chi connectivity index (χ0) is 13.0. The maximum absolute atomic E-state index is 6.02. The van der Waals surface area contributed by atoms with E-state index in [1.165, 1.54) is 18.4 Å². The van der Waals surface area contributed by atoms with E-state index < -0.39 is 0 Å². The van der Waals surface area contributed by atoms with Crippen LogP contribution in [0.3, 0.4) is 0 Å². The van der Waals surface area contributed by atoms with Crippen LogP contribution in [0.2, 0.25) is 0 Å². The number of nitrogens with two attached hydrogens (primary N) is 1. The predicted octanol–water partition coefficient (Wildman–Crippen LogP) is 1.63. The first-order valence-electron chi connectivity index (χ1n) is 6.67. The molecule has 1 fully saturated rings. The van der Waals surface area contributed by atoms with Gasteiger partial charge in [-0.05, 0) is 30.7 Å². The summed E-state index contributed by atoms with van der Waals surface area (Å²) >= 11 is 0. The molecule has 1 saturated heterocycles. The van der Waals surface area contributed by atoms with Gasteiger partial charge in [-0.3, -0.25) is 9.67 Å². The second kappa shape index (κ2) is 7.72. The first-order valence-corrected chi connectivity index (χ1v) is 6.67. The molecule has 0 unspecified atom stereocenters. The molecule has 0 aromatic carbocycles. The van der Waals surface area contributed by atoms with Gasteiger partial charge in [-0.25, -0.2) is 0 Å². The normalized spacial score (nSPS) is 17.4. The van der Waals surface area contributed by atoms with Crippen LogP contribution in [-0.2, 0) is 13.5 Å². The standard InChI is InChI=1S/C13H23N5.HI/c1-11-4-7-18(8-5-11)13(14)15-6-3-12-9-16-17(2)10-12;/h9-11H,3-8H2,1-2H3,(H2,14,15);1H. The van der Waals surface area contributed by atoms with E-state index in [2.05, 4.69) is 21.9 Å². The Hall–Kier alpha value is -0.790. The molecule has 1 aliphatic heterocycles. The quantitative estimate of drug-likeness (QED) is 0.495. The van der Waals surface area contributed by atoms with Crippen LogP contribution in [0.1, 0.15) is 25.3 Å². The minimum atomic E-state index is 0. The molecular formula is C13H24IN5. The van der Waals surface area contributed by atoms with E-state index in [4.69, 9.17) is 5.73 Å². The maximum atomic E-state index is 6.02. The Bertz CT molecular complexity index is 407. The molecule has 0 amide bonds. The summed E-state index contributed by atoms with van der Waals surface area (Å²) in [6.07, 6.45) is 7.25. The fourth-order valence-corrected chi connectivity index (χ4v) is 2.24. The zero-order valence-corrected chi connectivity index (χ0v) is 14.1. The summed E-state index contributed by atoms with van der Waals surface area (Å²) < 4.78 is 1.81. The summed E-state index contributed by atoms with van der Waals surface area (Å²) in [6, 6.07) is 0. The van der Waals surface area contributed by atoms with E-state index in [1.54, 1.807) is 0 Å². The van der Waals surface area contributed by atoms with Gasteiger partial charge in [-0.1, -0.05) is 6.92 Å². The molecule has 6 heteroatoms. The van der Waals surface area contributed by atoms with Gasteiger partial charge >= 0.3 is 0 Å². The maximum Gasteiger partial charge on any atom is 0.191 e. The zero-order valence-electron chi connectivity index (χ0n) is 11.7. The third-order valence-electron chi connectivity index (χ3n) is 3.54. The highest BCUT2D eigenvalue weighted by atomic mass is 127. The average Bonchev–Trinajstić information content (AvgIpc) is 2.76. The van der Waals surface area contributed by atoms with Crippen LogP contribution >= 0.6 is 24.0 Å². The Morgan fingerprint density at radius 2 is 2.16 bits per heavy atom. The predicted molar refractivity (Wildman–Crippen MR) is 88.8 cm³/mol.